The van der Waals surface area contributed by atoms with Gasteiger partial charge in [0.1, 0.15) is 0 Å². The van der Waals surface area contributed by atoms with E-state index in [0.717, 1.165) is 33.3 Å². The number of amides is 3. The van der Waals surface area contributed by atoms with Gasteiger partial charge in [0.25, 0.3) is 17.7 Å². The van der Waals surface area contributed by atoms with E-state index < -0.39 is 30.3 Å². The van der Waals surface area contributed by atoms with Gasteiger partial charge in [-0.2, -0.15) is 0 Å². The van der Waals surface area contributed by atoms with Crippen LogP contribution in [0.2, 0.25) is 0 Å². The van der Waals surface area contributed by atoms with Crippen LogP contribution in [0.1, 0.15) is 55.0 Å². The van der Waals surface area contributed by atoms with Gasteiger partial charge in [0.2, 0.25) is 0 Å². The number of aryl methyl sites for hydroxylation is 2. The number of hydrogen-bond donors (Lipinski definition) is 1. The van der Waals surface area contributed by atoms with Crippen molar-refractivity contribution in [3.05, 3.63) is 62.6 Å². The van der Waals surface area contributed by atoms with Gasteiger partial charge >= 0.3 is 5.97 Å². The Morgan fingerprint density at radius 2 is 1.88 bits per heavy atom. The molecule has 0 aromatic heterocycles. The van der Waals surface area contributed by atoms with Crippen LogP contribution in [0.15, 0.2) is 34.8 Å². The summed E-state index contributed by atoms with van der Waals surface area (Å²) in [5.41, 5.74) is 2.94. The van der Waals surface area contributed by atoms with Crippen LogP contribution in [0, 0.1) is 13.8 Å². The first kappa shape index (κ1) is 23.1. The monoisotopic (exact) mass is 514 g/mol. The molecule has 1 atom stereocenters. The van der Waals surface area contributed by atoms with Crippen molar-refractivity contribution in [1.29, 1.82) is 0 Å². The Balaban J connectivity index is 1.39. The van der Waals surface area contributed by atoms with Crippen molar-refractivity contribution >= 4 is 45.3 Å². The molecule has 2 aliphatic rings. The minimum atomic E-state index is -0.755. The topological polar surface area (TPSA) is 102 Å². The van der Waals surface area contributed by atoms with Gasteiger partial charge < -0.3 is 14.8 Å². The zero-order valence-electron chi connectivity index (χ0n) is 18.3. The minimum absolute atomic E-state index is 0.0948. The van der Waals surface area contributed by atoms with Gasteiger partial charge in [-0.3, -0.25) is 19.3 Å². The van der Waals surface area contributed by atoms with Crippen molar-refractivity contribution in [2.24, 2.45) is 0 Å². The molecular formula is C24H23BrN2O6. The van der Waals surface area contributed by atoms with Gasteiger partial charge in [-0.05, 0) is 68.1 Å². The van der Waals surface area contributed by atoms with Crippen LogP contribution < -0.4 is 5.32 Å². The average Bonchev–Trinajstić information content (AvgIpc) is 3.38. The number of anilines is 1. The Labute approximate surface area is 199 Å². The number of carbonyl (C=O) groups excluding carboxylic acids is 4. The third kappa shape index (κ3) is 4.84. The fraction of sp³-hybridized carbons (Fsp3) is 0.333. The first-order chi connectivity index (χ1) is 15.7. The number of benzene rings is 2. The molecule has 0 radical (unpaired) electrons. The lowest BCUT2D eigenvalue weighted by molar-refractivity contribution is -0.119. The van der Waals surface area contributed by atoms with Crippen molar-refractivity contribution in [1.82, 2.24) is 4.90 Å². The number of halogens is 1. The SMILES string of the molecule is Cc1cc(NC(=O)COC(=O)c2ccc3c(c2)C(=O)N(C[C@@H]2CCCO2)C3=O)c(C)cc1Br. The molecule has 0 unspecified atom stereocenters. The second-order valence-corrected chi connectivity index (χ2v) is 9.01. The van der Waals surface area contributed by atoms with Crippen molar-refractivity contribution in [2.75, 3.05) is 25.1 Å². The number of imide groups is 1. The average molecular weight is 515 g/mol. The Bertz CT molecular complexity index is 1160. The van der Waals surface area contributed by atoms with Crippen LogP contribution >= 0.6 is 15.9 Å². The minimum Gasteiger partial charge on any atom is -0.452 e. The Hall–Kier alpha value is -3.04. The smallest absolute Gasteiger partial charge is 0.338 e. The molecule has 2 aromatic rings. The molecule has 2 heterocycles. The highest BCUT2D eigenvalue weighted by molar-refractivity contribution is 9.10. The van der Waals surface area contributed by atoms with E-state index in [-0.39, 0.29) is 29.3 Å². The van der Waals surface area contributed by atoms with Gasteiger partial charge in [-0.25, -0.2) is 4.79 Å². The molecule has 8 nitrogen and oxygen atoms in total. The van der Waals surface area contributed by atoms with E-state index in [4.69, 9.17) is 9.47 Å². The second-order valence-electron chi connectivity index (χ2n) is 8.16. The fourth-order valence-corrected chi connectivity index (χ4v) is 4.35. The summed E-state index contributed by atoms with van der Waals surface area (Å²) in [6.45, 7) is 4.10. The molecular weight excluding hydrogens is 492 g/mol. The van der Waals surface area contributed by atoms with E-state index in [1.54, 1.807) is 0 Å². The lowest BCUT2D eigenvalue weighted by atomic mass is 10.1. The van der Waals surface area contributed by atoms with Crippen LogP contribution in [0.4, 0.5) is 5.69 Å². The molecule has 2 aliphatic heterocycles. The van der Waals surface area contributed by atoms with Crippen molar-refractivity contribution in [3.63, 3.8) is 0 Å². The maximum Gasteiger partial charge on any atom is 0.338 e. The first-order valence-electron chi connectivity index (χ1n) is 10.6. The molecule has 1 fully saturated rings. The number of carbonyl (C=O) groups is 4. The van der Waals surface area contributed by atoms with E-state index in [1.165, 1.54) is 18.2 Å². The normalized spacial score (nSPS) is 17.3. The summed E-state index contributed by atoms with van der Waals surface area (Å²) in [6.07, 6.45) is 1.54. The molecule has 0 spiro atoms. The summed E-state index contributed by atoms with van der Waals surface area (Å²) in [6, 6.07) is 7.91. The maximum atomic E-state index is 12.8. The number of fused-ring (bicyclic) bond motifs is 1. The molecule has 33 heavy (non-hydrogen) atoms. The van der Waals surface area contributed by atoms with E-state index >= 15 is 0 Å². The van der Waals surface area contributed by atoms with E-state index in [1.807, 2.05) is 26.0 Å². The summed E-state index contributed by atoms with van der Waals surface area (Å²) >= 11 is 3.44. The fourth-order valence-electron chi connectivity index (χ4n) is 3.89. The van der Waals surface area contributed by atoms with Crippen LogP contribution in [-0.2, 0) is 14.3 Å². The van der Waals surface area contributed by atoms with E-state index in [0.29, 0.717) is 12.3 Å². The molecule has 0 aliphatic carbocycles. The first-order valence-corrected chi connectivity index (χ1v) is 11.4. The Morgan fingerprint density at radius 3 is 2.61 bits per heavy atom. The van der Waals surface area contributed by atoms with Gasteiger partial charge in [-0.1, -0.05) is 15.9 Å². The highest BCUT2D eigenvalue weighted by Crippen LogP contribution is 2.27. The predicted molar refractivity (Wildman–Crippen MR) is 123 cm³/mol. The summed E-state index contributed by atoms with van der Waals surface area (Å²) in [4.78, 5) is 51.3. The number of ether oxygens (including phenoxy) is 2. The second kappa shape index (κ2) is 9.44. The van der Waals surface area contributed by atoms with Crippen molar-refractivity contribution in [2.45, 2.75) is 32.8 Å². The largest absolute Gasteiger partial charge is 0.452 e. The standard InChI is InChI=1S/C24H23BrN2O6/c1-13-9-20(14(2)8-19(13)25)26-21(28)12-33-24(31)15-5-6-17-18(10-15)23(30)27(22(17)29)11-16-4-3-7-32-16/h5-6,8-10,16H,3-4,7,11-12H2,1-2H3,(H,26,28)/t16-/m0/s1. The lowest BCUT2D eigenvalue weighted by Gasteiger charge is -2.17. The van der Waals surface area contributed by atoms with Gasteiger partial charge in [0.15, 0.2) is 6.61 Å². The van der Waals surface area contributed by atoms with Gasteiger partial charge in [0, 0.05) is 16.8 Å². The third-order valence-electron chi connectivity index (χ3n) is 5.73. The summed E-state index contributed by atoms with van der Waals surface area (Å²) in [5.74, 6) is -2.10. The summed E-state index contributed by atoms with van der Waals surface area (Å²) < 4.78 is 11.6. The van der Waals surface area contributed by atoms with Gasteiger partial charge in [-0.15, -0.1) is 0 Å². The summed E-state index contributed by atoms with van der Waals surface area (Å²) in [7, 11) is 0. The number of hydrogen-bond acceptors (Lipinski definition) is 6. The van der Waals surface area contributed by atoms with Crippen LogP contribution in [0.3, 0.4) is 0 Å². The molecule has 9 heteroatoms. The van der Waals surface area contributed by atoms with Gasteiger partial charge in [0.05, 0.1) is 29.3 Å². The Kier molecular flexibility index (Phi) is 6.62. The highest BCUT2D eigenvalue weighted by Gasteiger charge is 2.38. The van der Waals surface area contributed by atoms with Crippen LogP contribution in [0.25, 0.3) is 0 Å². The predicted octanol–water partition coefficient (Wildman–Crippen LogP) is 3.64. The number of esters is 1. The molecule has 4 rings (SSSR count). The van der Waals surface area contributed by atoms with Crippen LogP contribution in [0.5, 0.6) is 0 Å². The molecule has 3 amide bonds. The van der Waals surface area contributed by atoms with E-state index in [9.17, 15) is 19.2 Å². The molecule has 172 valence electrons. The number of nitrogens with zero attached hydrogens (tertiary/aromatic N) is 1. The quantitative estimate of drug-likeness (QED) is 0.466. The number of rotatable bonds is 6. The van der Waals surface area contributed by atoms with Crippen LogP contribution in [-0.4, -0.2) is 54.5 Å². The number of nitrogens with one attached hydrogen (secondary N) is 1. The Morgan fingerprint density at radius 1 is 1.12 bits per heavy atom. The highest BCUT2D eigenvalue weighted by atomic mass is 79.9. The lowest BCUT2D eigenvalue weighted by Crippen LogP contribution is -2.36. The molecule has 0 saturated carbocycles. The van der Waals surface area contributed by atoms with Crippen molar-refractivity contribution < 1.29 is 28.7 Å². The molecule has 1 saturated heterocycles. The van der Waals surface area contributed by atoms with E-state index in [2.05, 4.69) is 21.2 Å². The summed E-state index contributed by atoms with van der Waals surface area (Å²) in [5, 5.41) is 2.73. The maximum absolute atomic E-state index is 12.8. The third-order valence-corrected chi connectivity index (χ3v) is 6.59. The van der Waals surface area contributed by atoms with Crippen molar-refractivity contribution in [3.8, 4) is 0 Å². The zero-order chi connectivity index (χ0) is 23.7. The molecule has 0 bridgehead atoms. The molecule has 2 aromatic carbocycles. The molecule has 1 N–H and O–H groups in total. The zero-order valence-corrected chi connectivity index (χ0v) is 19.9.